The molecule has 2 heterocycles. The SMILES string of the molecule is Cc1ccc(C(C)NC(c2cccs2)C2CC2)o1. The Morgan fingerprint density at radius 3 is 2.72 bits per heavy atom. The van der Waals surface area contributed by atoms with Crippen LogP contribution in [0.4, 0.5) is 0 Å². The number of aryl methyl sites for hydroxylation is 1. The van der Waals surface area contributed by atoms with Crippen molar-refractivity contribution in [3.63, 3.8) is 0 Å². The van der Waals surface area contributed by atoms with Crippen LogP contribution in [0.25, 0.3) is 0 Å². The molecule has 2 aromatic rings. The summed E-state index contributed by atoms with van der Waals surface area (Å²) < 4.78 is 5.70. The molecule has 0 radical (unpaired) electrons. The van der Waals surface area contributed by atoms with Crippen LogP contribution in [-0.2, 0) is 0 Å². The molecular formula is C15H19NOS. The van der Waals surface area contributed by atoms with Gasteiger partial charge < -0.3 is 4.42 Å². The Hall–Kier alpha value is -1.06. The van der Waals surface area contributed by atoms with Gasteiger partial charge in [0.1, 0.15) is 11.5 Å². The third-order valence-electron chi connectivity index (χ3n) is 3.56. The van der Waals surface area contributed by atoms with E-state index in [0.29, 0.717) is 6.04 Å². The Bertz CT molecular complexity index is 498. The molecule has 1 aliphatic rings. The number of rotatable bonds is 5. The summed E-state index contributed by atoms with van der Waals surface area (Å²) >= 11 is 1.85. The van der Waals surface area contributed by atoms with Gasteiger partial charge in [-0.1, -0.05) is 6.07 Å². The zero-order valence-electron chi connectivity index (χ0n) is 10.8. The predicted molar refractivity (Wildman–Crippen MR) is 74.8 cm³/mol. The van der Waals surface area contributed by atoms with E-state index in [4.69, 9.17) is 4.42 Å². The highest BCUT2D eigenvalue weighted by atomic mass is 32.1. The summed E-state index contributed by atoms with van der Waals surface area (Å²) in [4.78, 5) is 1.45. The second kappa shape index (κ2) is 4.90. The molecule has 1 saturated carbocycles. The van der Waals surface area contributed by atoms with Gasteiger partial charge in [0.2, 0.25) is 0 Å². The van der Waals surface area contributed by atoms with Crippen LogP contribution in [0.5, 0.6) is 0 Å². The Labute approximate surface area is 112 Å². The van der Waals surface area contributed by atoms with Crippen LogP contribution < -0.4 is 5.32 Å². The monoisotopic (exact) mass is 261 g/mol. The van der Waals surface area contributed by atoms with Crippen LogP contribution in [0.1, 0.15) is 48.2 Å². The van der Waals surface area contributed by atoms with Crippen molar-refractivity contribution in [3.05, 3.63) is 46.0 Å². The number of hydrogen-bond acceptors (Lipinski definition) is 3. The molecule has 2 aromatic heterocycles. The standard InChI is InChI=1S/C15H19NOS/c1-10-5-8-13(17-10)11(2)16-15(12-6-7-12)14-4-3-9-18-14/h3-5,8-9,11-12,15-16H,6-7H2,1-2H3. The molecule has 18 heavy (non-hydrogen) atoms. The van der Waals surface area contributed by atoms with Crippen LogP contribution in [-0.4, -0.2) is 0 Å². The summed E-state index contributed by atoms with van der Waals surface area (Å²) in [5.74, 6) is 2.83. The lowest BCUT2D eigenvalue weighted by atomic mass is 10.1. The molecule has 0 aliphatic heterocycles. The highest BCUT2D eigenvalue weighted by molar-refractivity contribution is 7.10. The van der Waals surface area contributed by atoms with E-state index in [0.717, 1.165) is 17.4 Å². The van der Waals surface area contributed by atoms with Crippen molar-refractivity contribution in [3.8, 4) is 0 Å². The first-order valence-electron chi connectivity index (χ1n) is 6.60. The fourth-order valence-electron chi connectivity index (χ4n) is 2.39. The minimum Gasteiger partial charge on any atom is -0.465 e. The van der Waals surface area contributed by atoms with Gasteiger partial charge in [-0.05, 0) is 56.2 Å². The van der Waals surface area contributed by atoms with Crippen molar-refractivity contribution in [2.75, 3.05) is 0 Å². The summed E-state index contributed by atoms with van der Waals surface area (Å²) in [5.41, 5.74) is 0. The average Bonchev–Trinajstić information content (AvgIpc) is 2.88. The van der Waals surface area contributed by atoms with E-state index in [9.17, 15) is 0 Å². The van der Waals surface area contributed by atoms with Crippen LogP contribution >= 0.6 is 11.3 Å². The number of furan rings is 1. The van der Waals surface area contributed by atoms with Gasteiger partial charge in [0.05, 0.1) is 6.04 Å². The molecule has 96 valence electrons. The fraction of sp³-hybridized carbons (Fsp3) is 0.467. The molecule has 3 rings (SSSR count). The lowest BCUT2D eigenvalue weighted by Gasteiger charge is -2.21. The first-order chi connectivity index (χ1) is 8.74. The zero-order valence-corrected chi connectivity index (χ0v) is 11.7. The van der Waals surface area contributed by atoms with E-state index in [1.54, 1.807) is 0 Å². The van der Waals surface area contributed by atoms with Crippen molar-refractivity contribution in [2.24, 2.45) is 5.92 Å². The molecular weight excluding hydrogens is 242 g/mol. The van der Waals surface area contributed by atoms with Gasteiger partial charge in [-0.15, -0.1) is 11.3 Å². The Balaban J connectivity index is 1.73. The molecule has 1 N–H and O–H groups in total. The second-order valence-corrected chi connectivity index (χ2v) is 6.15. The molecule has 0 aromatic carbocycles. The van der Waals surface area contributed by atoms with Crippen molar-refractivity contribution in [1.82, 2.24) is 5.32 Å². The summed E-state index contributed by atoms with van der Waals surface area (Å²) in [5, 5.41) is 5.89. The van der Waals surface area contributed by atoms with Crippen LogP contribution in [0.15, 0.2) is 34.1 Å². The molecule has 0 bridgehead atoms. The molecule has 0 spiro atoms. The number of thiophene rings is 1. The third-order valence-corrected chi connectivity index (χ3v) is 4.52. The molecule has 2 atom stereocenters. The van der Waals surface area contributed by atoms with Gasteiger partial charge in [0.25, 0.3) is 0 Å². The van der Waals surface area contributed by atoms with Crippen molar-refractivity contribution < 1.29 is 4.42 Å². The average molecular weight is 261 g/mol. The largest absolute Gasteiger partial charge is 0.465 e. The van der Waals surface area contributed by atoms with E-state index in [-0.39, 0.29) is 6.04 Å². The third kappa shape index (κ3) is 2.52. The van der Waals surface area contributed by atoms with Gasteiger partial charge in [-0.25, -0.2) is 0 Å². The molecule has 2 unspecified atom stereocenters. The van der Waals surface area contributed by atoms with Gasteiger partial charge in [0, 0.05) is 10.9 Å². The smallest absolute Gasteiger partial charge is 0.120 e. The molecule has 3 heteroatoms. The molecule has 2 nitrogen and oxygen atoms in total. The Morgan fingerprint density at radius 1 is 1.33 bits per heavy atom. The topological polar surface area (TPSA) is 25.2 Å². The lowest BCUT2D eigenvalue weighted by Crippen LogP contribution is -2.25. The van der Waals surface area contributed by atoms with Gasteiger partial charge in [-0.3, -0.25) is 5.32 Å². The van der Waals surface area contributed by atoms with Crippen LogP contribution in [0, 0.1) is 12.8 Å². The minimum atomic E-state index is 0.270. The quantitative estimate of drug-likeness (QED) is 0.860. The zero-order chi connectivity index (χ0) is 12.5. The lowest BCUT2D eigenvalue weighted by molar-refractivity contribution is 0.368. The van der Waals surface area contributed by atoms with Crippen molar-refractivity contribution in [1.29, 1.82) is 0 Å². The molecule has 1 aliphatic carbocycles. The van der Waals surface area contributed by atoms with E-state index in [2.05, 4.69) is 35.8 Å². The Kier molecular flexibility index (Phi) is 3.27. The molecule has 0 saturated heterocycles. The number of nitrogens with one attached hydrogen (secondary N) is 1. The van der Waals surface area contributed by atoms with Gasteiger partial charge in [0.15, 0.2) is 0 Å². The maximum absolute atomic E-state index is 5.70. The predicted octanol–water partition coefficient (Wildman–Crippen LogP) is 4.45. The summed E-state index contributed by atoms with van der Waals surface area (Å²) in [6, 6.07) is 9.24. The summed E-state index contributed by atoms with van der Waals surface area (Å²) in [7, 11) is 0. The van der Waals surface area contributed by atoms with Gasteiger partial charge >= 0.3 is 0 Å². The van der Waals surface area contributed by atoms with Crippen molar-refractivity contribution in [2.45, 2.75) is 38.8 Å². The first kappa shape index (κ1) is 12.0. The first-order valence-corrected chi connectivity index (χ1v) is 7.48. The van der Waals surface area contributed by atoms with Gasteiger partial charge in [-0.2, -0.15) is 0 Å². The molecule has 1 fully saturated rings. The highest BCUT2D eigenvalue weighted by Gasteiger charge is 2.34. The maximum Gasteiger partial charge on any atom is 0.120 e. The van der Waals surface area contributed by atoms with E-state index in [1.165, 1.54) is 17.7 Å². The van der Waals surface area contributed by atoms with Crippen molar-refractivity contribution >= 4 is 11.3 Å². The van der Waals surface area contributed by atoms with E-state index >= 15 is 0 Å². The van der Waals surface area contributed by atoms with Crippen LogP contribution in [0.3, 0.4) is 0 Å². The highest BCUT2D eigenvalue weighted by Crippen LogP contribution is 2.43. The second-order valence-electron chi connectivity index (χ2n) is 5.17. The maximum atomic E-state index is 5.70. The summed E-state index contributed by atoms with van der Waals surface area (Å²) in [6.45, 7) is 4.18. The minimum absolute atomic E-state index is 0.270. The number of hydrogen-bond donors (Lipinski definition) is 1. The summed E-state index contributed by atoms with van der Waals surface area (Å²) in [6.07, 6.45) is 2.69. The van der Waals surface area contributed by atoms with Crippen LogP contribution in [0.2, 0.25) is 0 Å². The fourth-order valence-corrected chi connectivity index (χ4v) is 3.26. The van der Waals surface area contributed by atoms with E-state index in [1.807, 2.05) is 24.3 Å². The normalized spacial score (nSPS) is 18.8. The Morgan fingerprint density at radius 2 is 2.17 bits per heavy atom. The molecule has 0 amide bonds. The van der Waals surface area contributed by atoms with E-state index < -0.39 is 0 Å².